The first-order valence-corrected chi connectivity index (χ1v) is 6.77. The lowest BCUT2D eigenvalue weighted by atomic mass is 9.81. The van der Waals surface area contributed by atoms with Crippen molar-refractivity contribution in [3.63, 3.8) is 0 Å². The monoisotopic (exact) mass is 212 g/mol. The number of nitrogens with one attached hydrogen (secondary N) is 1. The first-order chi connectivity index (χ1) is 7.31. The van der Waals surface area contributed by atoms with Crippen molar-refractivity contribution >= 4 is 0 Å². The van der Waals surface area contributed by atoms with Crippen LogP contribution in [0, 0.1) is 11.8 Å². The predicted octanol–water partition coefficient (Wildman–Crippen LogP) is 3.22. The summed E-state index contributed by atoms with van der Waals surface area (Å²) in [5, 5.41) is 0. The van der Waals surface area contributed by atoms with E-state index in [2.05, 4.69) is 19.3 Å². The predicted molar refractivity (Wildman–Crippen MR) is 66.4 cm³/mol. The molecule has 1 saturated carbocycles. The molecule has 0 amide bonds. The summed E-state index contributed by atoms with van der Waals surface area (Å²) in [7, 11) is 0. The second kappa shape index (κ2) is 7.24. The molecule has 1 fully saturated rings. The molecule has 0 saturated heterocycles. The summed E-state index contributed by atoms with van der Waals surface area (Å²) in [4.78, 5) is 0. The largest absolute Gasteiger partial charge is 0.271 e. The Morgan fingerprint density at radius 1 is 1.13 bits per heavy atom. The zero-order valence-corrected chi connectivity index (χ0v) is 10.5. The third-order valence-corrected chi connectivity index (χ3v) is 4.14. The molecular formula is C13H28N2. The second-order valence-electron chi connectivity index (χ2n) is 5.09. The number of hydrazine groups is 1. The molecule has 0 heterocycles. The second-order valence-corrected chi connectivity index (χ2v) is 5.09. The molecule has 0 aliphatic heterocycles. The highest BCUT2D eigenvalue weighted by Crippen LogP contribution is 2.29. The Bertz CT molecular complexity index is 149. The van der Waals surface area contributed by atoms with Gasteiger partial charge in [-0.3, -0.25) is 11.3 Å². The van der Waals surface area contributed by atoms with E-state index in [0.29, 0.717) is 6.04 Å². The van der Waals surface area contributed by atoms with E-state index in [1.165, 1.54) is 51.4 Å². The van der Waals surface area contributed by atoms with Crippen LogP contribution in [0.1, 0.15) is 65.2 Å². The quantitative estimate of drug-likeness (QED) is 0.524. The fourth-order valence-corrected chi connectivity index (χ4v) is 3.04. The molecule has 0 bridgehead atoms. The molecule has 2 heteroatoms. The Kier molecular flexibility index (Phi) is 6.26. The van der Waals surface area contributed by atoms with Crippen molar-refractivity contribution < 1.29 is 0 Å². The fraction of sp³-hybridized carbons (Fsp3) is 1.00. The zero-order valence-electron chi connectivity index (χ0n) is 10.5. The number of hydrogen-bond donors (Lipinski definition) is 2. The molecule has 2 nitrogen and oxygen atoms in total. The van der Waals surface area contributed by atoms with E-state index in [1.54, 1.807) is 0 Å². The highest BCUT2D eigenvalue weighted by Gasteiger charge is 2.22. The maximum Gasteiger partial charge on any atom is 0.0241 e. The van der Waals surface area contributed by atoms with Gasteiger partial charge in [0, 0.05) is 6.04 Å². The highest BCUT2D eigenvalue weighted by atomic mass is 15.2. The SMILES string of the molecule is CCC(CC)C(CC1CCCCC1)NN. The molecule has 90 valence electrons. The molecule has 0 aromatic rings. The molecule has 0 aromatic heterocycles. The molecule has 15 heavy (non-hydrogen) atoms. The third-order valence-electron chi connectivity index (χ3n) is 4.14. The molecule has 1 rings (SSSR count). The van der Waals surface area contributed by atoms with E-state index < -0.39 is 0 Å². The van der Waals surface area contributed by atoms with Gasteiger partial charge < -0.3 is 0 Å². The van der Waals surface area contributed by atoms with E-state index in [9.17, 15) is 0 Å². The van der Waals surface area contributed by atoms with Crippen molar-refractivity contribution in [2.75, 3.05) is 0 Å². The van der Waals surface area contributed by atoms with Crippen LogP contribution in [0.3, 0.4) is 0 Å². The summed E-state index contributed by atoms with van der Waals surface area (Å²) >= 11 is 0. The topological polar surface area (TPSA) is 38.0 Å². The van der Waals surface area contributed by atoms with Crippen molar-refractivity contribution in [2.24, 2.45) is 17.7 Å². The van der Waals surface area contributed by atoms with Crippen LogP contribution in [0.4, 0.5) is 0 Å². The first kappa shape index (κ1) is 13.0. The number of rotatable bonds is 6. The lowest BCUT2D eigenvalue weighted by Gasteiger charge is -2.30. The van der Waals surface area contributed by atoms with Crippen LogP contribution < -0.4 is 11.3 Å². The van der Waals surface area contributed by atoms with E-state index in [-0.39, 0.29) is 0 Å². The summed E-state index contributed by atoms with van der Waals surface area (Å²) in [6.07, 6.45) is 11.0. The Morgan fingerprint density at radius 2 is 1.73 bits per heavy atom. The minimum atomic E-state index is 0.545. The van der Waals surface area contributed by atoms with Gasteiger partial charge in [0.05, 0.1) is 0 Å². The minimum absolute atomic E-state index is 0.545. The van der Waals surface area contributed by atoms with Gasteiger partial charge >= 0.3 is 0 Å². The summed E-state index contributed by atoms with van der Waals surface area (Å²) in [6.45, 7) is 4.55. The smallest absolute Gasteiger partial charge is 0.0241 e. The van der Waals surface area contributed by atoms with Crippen LogP contribution in [0.2, 0.25) is 0 Å². The molecule has 1 aliphatic rings. The van der Waals surface area contributed by atoms with Gasteiger partial charge in [0.25, 0.3) is 0 Å². The maximum atomic E-state index is 5.69. The Hall–Kier alpha value is -0.0800. The fourth-order valence-electron chi connectivity index (χ4n) is 3.04. The molecule has 1 atom stereocenters. The van der Waals surface area contributed by atoms with E-state index in [0.717, 1.165) is 11.8 Å². The van der Waals surface area contributed by atoms with Crippen molar-refractivity contribution in [1.82, 2.24) is 5.43 Å². The van der Waals surface area contributed by atoms with Gasteiger partial charge in [0.15, 0.2) is 0 Å². The average Bonchev–Trinajstić information content (AvgIpc) is 2.30. The van der Waals surface area contributed by atoms with Gasteiger partial charge in [-0.15, -0.1) is 0 Å². The summed E-state index contributed by atoms with van der Waals surface area (Å²) in [5.74, 6) is 7.38. The first-order valence-electron chi connectivity index (χ1n) is 6.77. The van der Waals surface area contributed by atoms with E-state index >= 15 is 0 Å². The van der Waals surface area contributed by atoms with Crippen LogP contribution in [0.15, 0.2) is 0 Å². The molecule has 1 unspecified atom stereocenters. The van der Waals surface area contributed by atoms with E-state index in [1.807, 2.05) is 0 Å². The Morgan fingerprint density at radius 3 is 2.20 bits per heavy atom. The van der Waals surface area contributed by atoms with Gasteiger partial charge in [0.1, 0.15) is 0 Å². The Balaban J connectivity index is 2.36. The van der Waals surface area contributed by atoms with Gasteiger partial charge in [-0.1, -0.05) is 58.8 Å². The lowest BCUT2D eigenvalue weighted by molar-refractivity contribution is 0.242. The highest BCUT2D eigenvalue weighted by molar-refractivity contribution is 4.78. The van der Waals surface area contributed by atoms with Crippen molar-refractivity contribution in [1.29, 1.82) is 0 Å². The summed E-state index contributed by atoms with van der Waals surface area (Å²) in [5.41, 5.74) is 3.05. The van der Waals surface area contributed by atoms with Gasteiger partial charge in [-0.05, 0) is 18.3 Å². The summed E-state index contributed by atoms with van der Waals surface area (Å²) < 4.78 is 0. The maximum absolute atomic E-state index is 5.69. The normalized spacial score (nSPS) is 20.8. The number of nitrogens with two attached hydrogens (primary N) is 1. The van der Waals surface area contributed by atoms with Crippen LogP contribution in [-0.4, -0.2) is 6.04 Å². The zero-order chi connectivity index (χ0) is 11.1. The van der Waals surface area contributed by atoms with Gasteiger partial charge in [-0.2, -0.15) is 0 Å². The average molecular weight is 212 g/mol. The van der Waals surface area contributed by atoms with Crippen LogP contribution in [-0.2, 0) is 0 Å². The van der Waals surface area contributed by atoms with Crippen molar-refractivity contribution in [3.8, 4) is 0 Å². The van der Waals surface area contributed by atoms with Crippen LogP contribution in [0.5, 0.6) is 0 Å². The van der Waals surface area contributed by atoms with E-state index in [4.69, 9.17) is 5.84 Å². The molecule has 0 radical (unpaired) electrons. The van der Waals surface area contributed by atoms with Crippen molar-refractivity contribution in [2.45, 2.75) is 71.3 Å². The molecule has 0 aromatic carbocycles. The van der Waals surface area contributed by atoms with Crippen LogP contribution in [0.25, 0.3) is 0 Å². The standard InChI is InChI=1S/C13H28N2/c1-3-12(4-2)13(15-14)10-11-8-6-5-7-9-11/h11-13,15H,3-10,14H2,1-2H3. The van der Waals surface area contributed by atoms with Crippen molar-refractivity contribution in [3.05, 3.63) is 0 Å². The third kappa shape index (κ3) is 4.12. The number of hydrogen-bond acceptors (Lipinski definition) is 2. The minimum Gasteiger partial charge on any atom is -0.271 e. The molecule has 0 spiro atoms. The molecular weight excluding hydrogens is 184 g/mol. The Labute approximate surface area is 95.0 Å². The van der Waals surface area contributed by atoms with Crippen LogP contribution >= 0.6 is 0 Å². The molecule has 3 N–H and O–H groups in total. The van der Waals surface area contributed by atoms with Gasteiger partial charge in [0.2, 0.25) is 0 Å². The molecule has 1 aliphatic carbocycles. The van der Waals surface area contributed by atoms with Gasteiger partial charge in [-0.25, -0.2) is 0 Å². The lowest BCUT2D eigenvalue weighted by Crippen LogP contribution is -2.42. The summed E-state index contributed by atoms with van der Waals surface area (Å²) in [6, 6.07) is 0.545.